The second kappa shape index (κ2) is 8.18. The Balaban J connectivity index is 1.52. The molecule has 3 aromatic rings. The van der Waals surface area contributed by atoms with Crippen molar-refractivity contribution in [3.63, 3.8) is 0 Å². The lowest BCUT2D eigenvalue weighted by atomic mass is 10.0. The van der Waals surface area contributed by atoms with Gasteiger partial charge in [-0.15, -0.1) is 5.10 Å². The van der Waals surface area contributed by atoms with Gasteiger partial charge in [-0.3, -0.25) is 4.79 Å². The van der Waals surface area contributed by atoms with Crippen molar-refractivity contribution in [1.29, 1.82) is 0 Å². The third-order valence-corrected chi connectivity index (χ3v) is 4.92. The SMILES string of the molecule is Cc1nnnn1/C(=C\c1ccccc1)C(=O)OCC(=O)c1ccc2c(c1)CCC2. The number of nitrogens with zero attached hydrogens (tertiary/aromatic N) is 4. The van der Waals surface area contributed by atoms with Crippen molar-refractivity contribution in [3.05, 3.63) is 76.6 Å². The van der Waals surface area contributed by atoms with Crippen LogP contribution in [0.5, 0.6) is 0 Å². The van der Waals surface area contributed by atoms with E-state index in [0.717, 1.165) is 24.8 Å². The van der Waals surface area contributed by atoms with Gasteiger partial charge < -0.3 is 4.74 Å². The molecule has 29 heavy (non-hydrogen) atoms. The maximum atomic E-state index is 12.8. The molecule has 0 amide bonds. The van der Waals surface area contributed by atoms with Gasteiger partial charge in [-0.1, -0.05) is 42.5 Å². The van der Waals surface area contributed by atoms with Gasteiger partial charge in [0.05, 0.1) is 0 Å². The Kier molecular flexibility index (Phi) is 5.29. The topological polar surface area (TPSA) is 87.0 Å². The molecule has 0 aliphatic heterocycles. The number of fused-ring (bicyclic) bond motifs is 1. The number of esters is 1. The summed E-state index contributed by atoms with van der Waals surface area (Å²) >= 11 is 0. The van der Waals surface area contributed by atoms with Crippen LogP contribution in [0.1, 0.15) is 39.3 Å². The molecule has 4 rings (SSSR count). The van der Waals surface area contributed by atoms with Gasteiger partial charge >= 0.3 is 5.97 Å². The lowest BCUT2D eigenvalue weighted by molar-refractivity contribution is -0.136. The molecule has 146 valence electrons. The fraction of sp³-hybridized carbons (Fsp3) is 0.227. The lowest BCUT2D eigenvalue weighted by Crippen LogP contribution is -2.19. The average molecular weight is 388 g/mol. The molecule has 2 aromatic carbocycles. The van der Waals surface area contributed by atoms with Crippen LogP contribution in [0.4, 0.5) is 0 Å². The second-order valence-electron chi connectivity index (χ2n) is 6.91. The summed E-state index contributed by atoms with van der Waals surface area (Å²) in [4.78, 5) is 25.3. The molecular formula is C22H20N4O3. The summed E-state index contributed by atoms with van der Waals surface area (Å²) in [6.07, 6.45) is 4.78. The van der Waals surface area contributed by atoms with Crippen molar-refractivity contribution >= 4 is 23.5 Å². The van der Waals surface area contributed by atoms with Gasteiger partial charge in [0.2, 0.25) is 0 Å². The first-order chi connectivity index (χ1) is 14.1. The minimum Gasteiger partial charge on any atom is -0.453 e. The van der Waals surface area contributed by atoms with E-state index in [4.69, 9.17) is 4.74 Å². The zero-order valence-electron chi connectivity index (χ0n) is 16.0. The Hall–Kier alpha value is -3.61. The van der Waals surface area contributed by atoms with E-state index < -0.39 is 5.97 Å². The Morgan fingerprint density at radius 1 is 1.10 bits per heavy atom. The molecule has 0 fully saturated rings. The number of Topliss-reactive ketones (excluding diaryl/α,β-unsaturated/α-hetero) is 1. The van der Waals surface area contributed by atoms with Gasteiger partial charge in [0, 0.05) is 5.56 Å². The lowest BCUT2D eigenvalue weighted by Gasteiger charge is -2.09. The maximum absolute atomic E-state index is 12.8. The summed E-state index contributed by atoms with van der Waals surface area (Å²) < 4.78 is 6.62. The summed E-state index contributed by atoms with van der Waals surface area (Å²) in [7, 11) is 0. The summed E-state index contributed by atoms with van der Waals surface area (Å²) in [5, 5.41) is 11.3. The molecule has 0 saturated heterocycles. The van der Waals surface area contributed by atoms with Crippen LogP contribution in [-0.2, 0) is 22.4 Å². The minimum absolute atomic E-state index is 0.139. The smallest absolute Gasteiger partial charge is 0.357 e. The number of aryl methyl sites for hydroxylation is 3. The van der Waals surface area contributed by atoms with Gasteiger partial charge in [0.1, 0.15) is 0 Å². The van der Waals surface area contributed by atoms with Crippen LogP contribution in [0, 0.1) is 6.92 Å². The highest BCUT2D eigenvalue weighted by molar-refractivity contribution is 6.16. The van der Waals surface area contributed by atoms with Crippen LogP contribution in [0.3, 0.4) is 0 Å². The molecule has 1 aliphatic carbocycles. The number of rotatable bonds is 6. The van der Waals surface area contributed by atoms with E-state index >= 15 is 0 Å². The molecule has 1 aromatic heterocycles. The van der Waals surface area contributed by atoms with E-state index in [-0.39, 0.29) is 18.1 Å². The van der Waals surface area contributed by atoms with E-state index in [1.165, 1.54) is 15.8 Å². The van der Waals surface area contributed by atoms with Crippen LogP contribution >= 0.6 is 0 Å². The van der Waals surface area contributed by atoms with Crippen molar-refractivity contribution in [3.8, 4) is 0 Å². The standard InChI is InChI=1S/C22H20N4O3/c1-15-23-24-25-26(15)20(12-16-6-3-2-4-7-16)22(28)29-14-21(27)19-11-10-17-8-5-9-18(17)13-19/h2-4,6-7,10-13H,5,8-9,14H2,1H3/b20-12-. The fourth-order valence-electron chi connectivity index (χ4n) is 3.40. The van der Waals surface area contributed by atoms with E-state index in [1.54, 1.807) is 19.1 Å². The molecule has 0 saturated carbocycles. The number of hydrogen-bond donors (Lipinski definition) is 0. The van der Waals surface area contributed by atoms with Crippen molar-refractivity contribution in [1.82, 2.24) is 20.2 Å². The summed E-state index contributed by atoms with van der Waals surface area (Å²) in [5.41, 5.74) is 3.99. The fourth-order valence-corrected chi connectivity index (χ4v) is 3.40. The largest absolute Gasteiger partial charge is 0.453 e. The number of benzene rings is 2. The number of ether oxygens (including phenoxy) is 1. The summed E-state index contributed by atoms with van der Waals surface area (Å²) in [6.45, 7) is 1.34. The van der Waals surface area contributed by atoms with Crippen LogP contribution in [-0.4, -0.2) is 38.6 Å². The predicted molar refractivity (Wildman–Crippen MR) is 107 cm³/mol. The van der Waals surface area contributed by atoms with E-state index in [2.05, 4.69) is 15.5 Å². The van der Waals surface area contributed by atoms with E-state index in [9.17, 15) is 9.59 Å². The maximum Gasteiger partial charge on any atom is 0.357 e. The molecule has 0 N–H and O–H groups in total. The summed E-state index contributed by atoms with van der Waals surface area (Å²) in [6, 6.07) is 15.0. The average Bonchev–Trinajstić information content (AvgIpc) is 3.38. The first kappa shape index (κ1) is 18.7. The van der Waals surface area contributed by atoms with Crippen molar-refractivity contribution in [2.75, 3.05) is 6.61 Å². The van der Waals surface area contributed by atoms with Crippen LogP contribution in [0.15, 0.2) is 48.5 Å². The number of ketones is 1. The Labute approximate surface area is 168 Å². The van der Waals surface area contributed by atoms with Crippen molar-refractivity contribution in [2.45, 2.75) is 26.2 Å². The predicted octanol–water partition coefficient (Wildman–Crippen LogP) is 2.89. The first-order valence-electron chi connectivity index (χ1n) is 9.46. The summed E-state index contributed by atoms with van der Waals surface area (Å²) in [5.74, 6) is -0.464. The number of aromatic nitrogens is 4. The number of carbonyl (C=O) groups excluding carboxylic acids is 2. The molecule has 1 aliphatic rings. The first-order valence-corrected chi connectivity index (χ1v) is 9.46. The molecular weight excluding hydrogens is 368 g/mol. The van der Waals surface area contributed by atoms with E-state index in [0.29, 0.717) is 11.4 Å². The molecule has 1 heterocycles. The molecule has 7 heteroatoms. The molecule has 0 bridgehead atoms. The Bertz CT molecular complexity index is 1090. The van der Waals surface area contributed by atoms with E-state index in [1.807, 2.05) is 42.5 Å². The quantitative estimate of drug-likeness (QED) is 0.367. The highest BCUT2D eigenvalue weighted by Crippen LogP contribution is 2.23. The van der Waals surface area contributed by atoms with Crippen molar-refractivity contribution < 1.29 is 14.3 Å². The normalized spacial score (nSPS) is 13.2. The number of hydrogen-bond acceptors (Lipinski definition) is 6. The Morgan fingerprint density at radius 3 is 2.66 bits per heavy atom. The monoisotopic (exact) mass is 388 g/mol. The third kappa shape index (κ3) is 4.13. The second-order valence-corrected chi connectivity index (χ2v) is 6.91. The van der Waals surface area contributed by atoms with Gasteiger partial charge in [0.25, 0.3) is 0 Å². The Morgan fingerprint density at radius 2 is 1.90 bits per heavy atom. The van der Waals surface area contributed by atoms with Gasteiger partial charge in [-0.05, 0) is 65.4 Å². The van der Waals surface area contributed by atoms with Crippen LogP contribution in [0.25, 0.3) is 11.8 Å². The molecule has 0 unspecified atom stereocenters. The number of tetrazole rings is 1. The number of carbonyl (C=O) groups is 2. The van der Waals surface area contributed by atoms with Gasteiger partial charge in [0.15, 0.2) is 23.9 Å². The highest BCUT2D eigenvalue weighted by atomic mass is 16.5. The minimum atomic E-state index is -0.668. The van der Waals surface area contributed by atoms with Gasteiger partial charge in [-0.2, -0.15) is 4.68 Å². The van der Waals surface area contributed by atoms with Crippen LogP contribution < -0.4 is 0 Å². The zero-order chi connectivity index (χ0) is 20.2. The molecule has 7 nitrogen and oxygen atoms in total. The molecule has 0 spiro atoms. The van der Waals surface area contributed by atoms with Crippen molar-refractivity contribution in [2.24, 2.45) is 0 Å². The third-order valence-electron chi connectivity index (χ3n) is 4.92. The molecule has 0 atom stereocenters. The van der Waals surface area contributed by atoms with Gasteiger partial charge in [-0.25, -0.2) is 4.79 Å². The highest BCUT2D eigenvalue weighted by Gasteiger charge is 2.20. The zero-order valence-corrected chi connectivity index (χ0v) is 16.0. The molecule has 0 radical (unpaired) electrons. The van der Waals surface area contributed by atoms with Crippen LogP contribution in [0.2, 0.25) is 0 Å².